The highest BCUT2D eigenvalue weighted by molar-refractivity contribution is 7.14. The summed E-state index contributed by atoms with van der Waals surface area (Å²) < 4.78 is 24.3. The number of thiazole rings is 1. The molecule has 2 aliphatic heterocycles. The van der Waals surface area contributed by atoms with Crippen molar-refractivity contribution < 1.29 is 43.2 Å². The number of hydrogen-bond acceptors (Lipinski definition) is 13. The van der Waals surface area contributed by atoms with Gasteiger partial charge in [-0.25, -0.2) is 19.6 Å². The van der Waals surface area contributed by atoms with Gasteiger partial charge >= 0.3 is 12.1 Å². The predicted molar refractivity (Wildman–Crippen MR) is 238 cm³/mol. The molecule has 5 fully saturated rings. The van der Waals surface area contributed by atoms with Crippen LogP contribution in [0.15, 0.2) is 23.6 Å². The van der Waals surface area contributed by atoms with E-state index in [1.165, 1.54) is 22.7 Å². The Morgan fingerprint density at radius 2 is 1.78 bits per heavy atom. The Hall–Kier alpha value is -4.45. The number of benzene rings is 1. The first-order valence-corrected chi connectivity index (χ1v) is 23.6. The zero-order valence-corrected chi connectivity index (χ0v) is 38.5. The second kappa shape index (κ2) is 18.2. The average Bonchev–Trinajstić information content (AvgIpc) is 3.91. The van der Waals surface area contributed by atoms with Gasteiger partial charge in [-0.3, -0.25) is 14.5 Å². The molecule has 3 aromatic rings. The number of morpholine rings is 1. The number of likely N-dealkylation sites (tertiary alicyclic amines) is 1. The van der Waals surface area contributed by atoms with Crippen molar-refractivity contribution in [1.29, 1.82) is 0 Å². The summed E-state index contributed by atoms with van der Waals surface area (Å²) >= 11 is 8.55. The minimum atomic E-state index is -1.42. The van der Waals surface area contributed by atoms with E-state index in [1.807, 2.05) is 53.0 Å². The Bertz CT molecular complexity index is 2200. The van der Waals surface area contributed by atoms with Gasteiger partial charge in [0.1, 0.15) is 58.7 Å². The monoisotopic (exact) mass is 909 g/mol. The van der Waals surface area contributed by atoms with Crippen LogP contribution >= 0.6 is 22.9 Å². The first kappa shape index (κ1) is 45.1. The van der Waals surface area contributed by atoms with Gasteiger partial charge in [0.15, 0.2) is 5.13 Å². The lowest BCUT2D eigenvalue weighted by atomic mass is 9.85. The fourth-order valence-electron chi connectivity index (χ4n) is 9.38. The number of aromatic nitrogens is 2. The van der Waals surface area contributed by atoms with E-state index in [4.69, 9.17) is 40.5 Å². The highest BCUT2D eigenvalue weighted by Gasteiger charge is 2.61. The summed E-state index contributed by atoms with van der Waals surface area (Å²) in [5, 5.41) is 22.7. The molecule has 3 aliphatic carbocycles. The number of ether oxygens (including phenoxy) is 4. The van der Waals surface area contributed by atoms with Gasteiger partial charge in [0.05, 0.1) is 31.0 Å². The molecular formula is C45H60ClN7O9S. The van der Waals surface area contributed by atoms with E-state index in [0.29, 0.717) is 89.9 Å². The summed E-state index contributed by atoms with van der Waals surface area (Å²) in [6.07, 6.45) is 2.11. The highest BCUT2D eigenvalue weighted by atomic mass is 35.5. The molecule has 5 aliphatic rings. The molecule has 0 bridgehead atoms. The summed E-state index contributed by atoms with van der Waals surface area (Å²) in [5.74, 6) is -0.376. The Kier molecular flexibility index (Phi) is 13.0. The van der Waals surface area contributed by atoms with Gasteiger partial charge in [-0.2, -0.15) is 0 Å². The fraction of sp³-hybridized carbons (Fsp3) is 0.644. The number of rotatable bonds is 16. The van der Waals surface area contributed by atoms with Crippen LogP contribution in [0.5, 0.6) is 11.5 Å². The molecular weight excluding hydrogens is 850 g/mol. The van der Waals surface area contributed by atoms with E-state index in [9.17, 15) is 24.3 Å². The van der Waals surface area contributed by atoms with E-state index >= 15 is 0 Å². The van der Waals surface area contributed by atoms with Gasteiger partial charge in [-0.15, -0.1) is 11.3 Å². The summed E-state index contributed by atoms with van der Waals surface area (Å²) in [6, 6.07) is 3.38. The number of hydrogen-bond donors (Lipinski definition) is 4. The van der Waals surface area contributed by atoms with Gasteiger partial charge in [0.2, 0.25) is 11.8 Å². The summed E-state index contributed by atoms with van der Waals surface area (Å²) in [5.41, 5.74) is -0.683. The maximum Gasteiger partial charge on any atom is 0.408 e. The lowest BCUT2D eigenvalue weighted by molar-refractivity contribution is -0.146. The summed E-state index contributed by atoms with van der Waals surface area (Å²) in [4.78, 5) is 68.5. The zero-order valence-electron chi connectivity index (χ0n) is 36.9. The predicted octanol–water partition coefficient (Wildman–Crippen LogP) is 6.20. The van der Waals surface area contributed by atoms with Gasteiger partial charge in [0.25, 0.3) is 0 Å². The van der Waals surface area contributed by atoms with Crippen LogP contribution in [0.1, 0.15) is 80.1 Å². The zero-order chi connectivity index (χ0) is 44.8. The third-order valence-electron chi connectivity index (χ3n) is 13.1. The number of anilines is 1. The Morgan fingerprint density at radius 1 is 1.03 bits per heavy atom. The van der Waals surface area contributed by atoms with E-state index in [-0.39, 0.29) is 31.0 Å². The maximum atomic E-state index is 14.8. The number of alkyl carbamates (subject to hydrolysis) is 1. The number of fused-ring (bicyclic) bond motifs is 2. The van der Waals surface area contributed by atoms with Crippen molar-refractivity contribution in [3.05, 3.63) is 28.6 Å². The Balaban J connectivity index is 1.09. The summed E-state index contributed by atoms with van der Waals surface area (Å²) in [7, 11) is 0. The number of halogens is 1. The van der Waals surface area contributed by atoms with Crippen LogP contribution < -0.4 is 25.4 Å². The molecule has 2 unspecified atom stereocenters. The number of carbonyl (C=O) groups excluding carboxylic acids is 3. The average molecular weight is 911 g/mol. The minimum absolute atomic E-state index is 0.0295. The van der Waals surface area contributed by atoms with Crippen molar-refractivity contribution >= 4 is 62.8 Å². The highest BCUT2D eigenvalue weighted by Crippen LogP contribution is 2.52. The molecule has 4 N–H and O–H groups in total. The molecule has 342 valence electrons. The molecule has 63 heavy (non-hydrogen) atoms. The van der Waals surface area contributed by atoms with Crippen LogP contribution in [0.4, 0.5) is 9.93 Å². The van der Waals surface area contributed by atoms with Crippen LogP contribution in [0.25, 0.3) is 22.3 Å². The number of carboxylic acid groups (broad SMARTS) is 1. The molecule has 8 atom stereocenters. The second-order valence-electron chi connectivity index (χ2n) is 19.2. The van der Waals surface area contributed by atoms with Gasteiger partial charge < -0.3 is 44.9 Å². The van der Waals surface area contributed by atoms with Crippen LogP contribution in [0.2, 0.25) is 5.02 Å². The minimum Gasteiger partial charge on any atom is -0.491 e. The lowest BCUT2D eigenvalue weighted by Gasteiger charge is -2.35. The molecule has 0 spiro atoms. The van der Waals surface area contributed by atoms with Crippen molar-refractivity contribution in [3.63, 3.8) is 0 Å². The largest absolute Gasteiger partial charge is 0.491 e. The Labute approximate surface area is 377 Å². The standard InChI is InChI=1S/C45H60ClN7O9S/c1-7-27-21-45(27,41(56)57)51-39(54)33-19-29(22-53(33)40(55)38(44(4,5)6)50-43(58)62-28-17-25-16-26(25)18-28)61-35-20-31(32-23-63-42(49-32)47-24(2)3)48-37-30(35)8-9-34(36(37)46)60-15-12-52-10-13-59-14-11-52/h8-9,20,23-29,33,38H,7,10-19,21-22H2,1-6H3,(H,47,49)(H,50,58)(H,51,54)(H,56,57)/t25-,26?,27-,28+,29-,33+,38-,45?/m1/s1. The van der Waals surface area contributed by atoms with Crippen molar-refractivity contribution in [2.24, 2.45) is 23.2 Å². The molecule has 3 amide bonds. The van der Waals surface area contributed by atoms with Crippen LogP contribution in [-0.4, -0.2) is 131 Å². The van der Waals surface area contributed by atoms with Crippen LogP contribution in [0.3, 0.4) is 0 Å². The van der Waals surface area contributed by atoms with Crippen molar-refractivity contribution in [2.75, 3.05) is 51.3 Å². The lowest BCUT2D eigenvalue weighted by Crippen LogP contribution is -2.59. The molecule has 0 radical (unpaired) electrons. The third-order valence-corrected chi connectivity index (χ3v) is 14.2. The van der Waals surface area contributed by atoms with Crippen molar-refractivity contribution in [2.45, 2.75) is 116 Å². The fourth-order valence-corrected chi connectivity index (χ4v) is 10.5. The van der Waals surface area contributed by atoms with Crippen LogP contribution in [0, 0.1) is 23.2 Å². The number of carbonyl (C=O) groups is 4. The number of aliphatic carboxylic acids is 1. The Morgan fingerprint density at radius 3 is 2.44 bits per heavy atom. The molecule has 8 rings (SSSR count). The van der Waals surface area contributed by atoms with Crippen molar-refractivity contribution in [3.8, 4) is 22.9 Å². The van der Waals surface area contributed by atoms with Crippen LogP contribution in [-0.2, 0) is 23.9 Å². The van der Waals surface area contributed by atoms with E-state index in [1.54, 1.807) is 12.1 Å². The first-order valence-electron chi connectivity index (χ1n) is 22.3. The van der Waals surface area contributed by atoms with Crippen molar-refractivity contribution in [1.82, 2.24) is 30.4 Å². The molecule has 18 heteroatoms. The topological polar surface area (TPSA) is 194 Å². The molecule has 16 nitrogen and oxygen atoms in total. The second-order valence-corrected chi connectivity index (χ2v) is 20.4. The molecule has 2 saturated heterocycles. The molecule has 3 saturated carbocycles. The maximum absolute atomic E-state index is 14.8. The number of amides is 3. The van der Waals surface area contributed by atoms with E-state index in [2.05, 4.69) is 20.9 Å². The number of nitrogens with one attached hydrogen (secondary N) is 3. The number of nitrogens with zero attached hydrogens (tertiary/aromatic N) is 4. The van der Waals surface area contributed by atoms with Gasteiger partial charge in [0, 0.05) is 48.9 Å². The molecule has 1 aromatic carbocycles. The van der Waals surface area contributed by atoms with E-state index in [0.717, 1.165) is 31.1 Å². The number of carboxylic acids is 1. The van der Waals surface area contributed by atoms with Gasteiger partial charge in [-0.05, 0) is 74.8 Å². The summed E-state index contributed by atoms with van der Waals surface area (Å²) in [6.45, 7) is 15.6. The first-order chi connectivity index (χ1) is 30.0. The normalized spacial score (nSPS) is 27.1. The smallest absolute Gasteiger partial charge is 0.408 e. The molecule has 4 heterocycles. The SMILES string of the molecule is CC[C@@H]1CC1(NC(=O)[C@@H]1C[C@@H](Oc2cc(-c3csc(NC(C)C)n3)nc3c(Cl)c(OCCN4CCOCC4)ccc23)CN1C(=O)[C@@H](NC(=O)O[C@@H]1CC2C[C@@H]2C1)C(C)(C)C)C(=O)O. The molecule has 2 aromatic heterocycles. The number of pyridine rings is 1. The quantitative estimate of drug-likeness (QED) is 0.127. The third kappa shape index (κ3) is 9.96. The van der Waals surface area contributed by atoms with E-state index < -0.39 is 53.0 Å². The van der Waals surface area contributed by atoms with Gasteiger partial charge in [-0.1, -0.05) is 45.7 Å².